The number of aromatic nitrogens is 1. The van der Waals surface area contributed by atoms with E-state index in [0.29, 0.717) is 11.8 Å². The van der Waals surface area contributed by atoms with Gasteiger partial charge in [-0.2, -0.15) is 0 Å². The van der Waals surface area contributed by atoms with Crippen molar-refractivity contribution in [2.75, 3.05) is 5.32 Å². The second kappa shape index (κ2) is 5.09. The van der Waals surface area contributed by atoms with Crippen LogP contribution in [0.1, 0.15) is 46.8 Å². The van der Waals surface area contributed by atoms with Gasteiger partial charge in [0.1, 0.15) is 0 Å². The number of rotatable bonds is 2. The van der Waals surface area contributed by atoms with E-state index in [9.17, 15) is 4.79 Å². The number of carbonyl (C=O) groups is 1. The molecule has 0 amide bonds. The lowest BCUT2D eigenvalue weighted by atomic mass is 9.77. The molecule has 4 rings (SSSR count). The number of ketones is 1. The van der Waals surface area contributed by atoms with E-state index in [1.54, 1.807) is 6.92 Å². The van der Waals surface area contributed by atoms with E-state index in [0.717, 1.165) is 17.7 Å². The van der Waals surface area contributed by atoms with Crippen LogP contribution in [-0.4, -0.2) is 10.8 Å². The molecule has 1 aliphatic heterocycles. The number of carbonyl (C=O) groups excluding carboxylic acids is 1. The monoisotopic (exact) mass is 290 g/mol. The van der Waals surface area contributed by atoms with Crippen molar-refractivity contribution < 1.29 is 4.79 Å². The number of allylic oxidation sites excluding steroid dienone is 2. The molecule has 3 atom stereocenters. The smallest absolute Gasteiger partial charge is 0.159 e. The highest BCUT2D eigenvalue weighted by molar-refractivity contribution is 5.95. The summed E-state index contributed by atoms with van der Waals surface area (Å²) in [6, 6.07) is 10.4. The molecule has 2 heterocycles. The first kappa shape index (κ1) is 13.3. The third kappa shape index (κ3) is 2.05. The summed E-state index contributed by atoms with van der Waals surface area (Å²) in [6.45, 7) is 1.62. The zero-order chi connectivity index (χ0) is 15.1. The van der Waals surface area contributed by atoms with E-state index in [1.807, 2.05) is 30.6 Å². The number of benzene rings is 1. The van der Waals surface area contributed by atoms with Crippen LogP contribution in [0.2, 0.25) is 0 Å². The van der Waals surface area contributed by atoms with Crippen molar-refractivity contribution in [3.05, 3.63) is 71.6 Å². The van der Waals surface area contributed by atoms with Gasteiger partial charge in [0.2, 0.25) is 0 Å². The summed E-state index contributed by atoms with van der Waals surface area (Å²) >= 11 is 0. The summed E-state index contributed by atoms with van der Waals surface area (Å²) in [7, 11) is 0. The van der Waals surface area contributed by atoms with Crippen LogP contribution in [0, 0.1) is 5.92 Å². The van der Waals surface area contributed by atoms with Crippen molar-refractivity contribution in [1.29, 1.82) is 0 Å². The molecular weight excluding hydrogens is 272 g/mol. The van der Waals surface area contributed by atoms with E-state index in [4.69, 9.17) is 0 Å². The maximum absolute atomic E-state index is 11.7. The van der Waals surface area contributed by atoms with Gasteiger partial charge in [0.15, 0.2) is 5.78 Å². The predicted octanol–water partition coefficient (Wildman–Crippen LogP) is 4.11. The van der Waals surface area contributed by atoms with E-state index in [2.05, 4.69) is 34.6 Å². The fourth-order valence-electron chi connectivity index (χ4n) is 3.70. The molecule has 110 valence electrons. The van der Waals surface area contributed by atoms with Crippen LogP contribution >= 0.6 is 0 Å². The second-order valence-corrected chi connectivity index (χ2v) is 6.12. The van der Waals surface area contributed by atoms with Gasteiger partial charge in [-0.1, -0.05) is 18.2 Å². The Hall–Kier alpha value is -2.42. The van der Waals surface area contributed by atoms with Gasteiger partial charge in [0.25, 0.3) is 0 Å². The largest absolute Gasteiger partial charge is 0.378 e. The van der Waals surface area contributed by atoms with Gasteiger partial charge in [-0.25, -0.2) is 0 Å². The van der Waals surface area contributed by atoms with Crippen LogP contribution in [-0.2, 0) is 0 Å². The molecule has 1 aromatic carbocycles. The molecule has 1 aromatic heterocycles. The van der Waals surface area contributed by atoms with E-state index < -0.39 is 0 Å². The van der Waals surface area contributed by atoms with Gasteiger partial charge in [0.05, 0.1) is 6.04 Å². The average Bonchev–Trinajstić information content (AvgIpc) is 3.04. The molecule has 0 spiro atoms. The molecular formula is C19H18N2O. The third-order valence-corrected chi connectivity index (χ3v) is 4.81. The number of fused-ring (bicyclic) bond motifs is 3. The highest BCUT2D eigenvalue weighted by Crippen LogP contribution is 2.49. The molecule has 1 aliphatic carbocycles. The van der Waals surface area contributed by atoms with Gasteiger partial charge < -0.3 is 5.32 Å². The molecule has 0 saturated heterocycles. The molecule has 3 nitrogen and oxygen atoms in total. The Bertz CT molecular complexity index is 751. The maximum atomic E-state index is 11.7. The molecule has 0 saturated carbocycles. The van der Waals surface area contributed by atoms with Gasteiger partial charge >= 0.3 is 0 Å². The number of Topliss-reactive ketones (excluding diaryl/α,β-unsaturated/α-hetero) is 1. The first-order valence-electron chi connectivity index (χ1n) is 7.72. The zero-order valence-electron chi connectivity index (χ0n) is 12.5. The van der Waals surface area contributed by atoms with Gasteiger partial charge in [-0.3, -0.25) is 9.78 Å². The first-order chi connectivity index (χ1) is 10.7. The van der Waals surface area contributed by atoms with Crippen molar-refractivity contribution in [3.8, 4) is 0 Å². The molecule has 1 N–H and O–H groups in total. The normalized spacial score (nSPS) is 25.2. The van der Waals surface area contributed by atoms with Crippen LogP contribution < -0.4 is 5.32 Å². The second-order valence-electron chi connectivity index (χ2n) is 6.12. The summed E-state index contributed by atoms with van der Waals surface area (Å²) in [4.78, 5) is 15.9. The lowest BCUT2D eigenvalue weighted by Gasteiger charge is -2.37. The van der Waals surface area contributed by atoms with Crippen molar-refractivity contribution in [1.82, 2.24) is 4.98 Å². The fourth-order valence-corrected chi connectivity index (χ4v) is 3.70. The minimum Gasteiger partial charge on any atom is -0.378 e. The number of nitrogens with zero attached hydrogens (tertiary/aromatic N) is 1. The summed E-state index contributed by atoms with van der Waals surface area (Å²) in [5, 5.41) is 3.66. The van der Waals surface area contributed by atoms with E-state index >= 15 is 0 Å². The topological polar surface area (TPSA) is 42.0 Å². The summed E-state index contributed by atoms with van der Waals surface area (Å²) in [6.07, 6.45) is 9.36. The fraction of sp³-hybridized carbons (Fsp3) is 0.263. The van der Waals surface area contributed by atoms with Crippen LogP contribution in [0.3, 0.4) is 0 Å². The molecule has 3 unspecified atom stereocenters. The molecule has 0 fully saturated rings. The van der Waals surface area contributed by atoms with Crippen LogP contribution in [0.15, 0.2) is 54.9 Å². The predicted molar refractivity (Wildman–Crippen MR) is 87.0 cm³/mol. The van der Waals surface area contributed by atoms with E-state index in [-0.39, 0.29) is 11.8 Å². The third-order valence-electron chi connectivity index (χ3n) is 4.81. The Balaban J connectivity index is 1.79. The molecule has 3 heteroatoms. The average molecular weight is 290 g/mol. The van der Waals surface area contributed by atoms with Gasteiger partial charge in [-0.05, 0) is 54.7 Å². The number of pyridine rings is 1. The first-order valence-corrected chi connectivity index (χ1v) is 7.72. The molecule has 2 aromatic rings. The summed E-state index contributed by atoms with van der Waals surface area (Å²) in [5.41, 5.74) is 4.39. The molecule has 2 aliphatic rings. The SMILES string of the molecule is CC(=O)c1ccc2c(c1)C1C=CCC1C(c1cccnc1)N2. The number of anilines is 1. The van der Waals surface area contributed by atoms with Crippen molar-refractivity contribution in [3.63, 3.8) is 0 Å². The highest BCUT2D eigenvalue weighted by Gasteiger charge is 2.38. The Morgan fingerprint density at radius 1 is 1.32 bits per heavy atom. The van der Waals surface area contributed by atoms with Crippen molar-refractivity contribution in [2.45, 2.75) is 25.3 Å². The number of nitrogens with one attached hydrogen (secondary N) is 1. The van der Waals surface area contributed by atoms with Crippen molar-refractivity contribution in [2.24, 2.45) is 5.92 Å². The standard InChI is InChI=1S/C19H18N2O/c1-12(22)13-7-8-18-17(10-13)15-5-2-6-16(15)19(21-18)14-4-3-9-20-11-14/h2-5,7-11,15-16,19,21H,6H2,1H3. The minimum atomic E-state index is 0.121. The highest BCUT2D eigenvalue weighted by atomic mass is 16.1. The minimum absolute atomic E-state index is 0.121. The Morgan fingerprint density at radius 3 is 3.00 bits per heavy atom. The Morgan fingerprint density at radius 2 is 2.23 bits per heavy atom. The van der Waals surface area contributed by atoms with Crippen LogP contribution in [0.4, 0.5) is 5.69 Å². The Labute approximate surface area is 130 Å². The van der Waals surface area contributed by atoms with Crippen LogP contribution in [0.25, 0.3) is 0 Å². The lowest BCUT2D eigenvalue weighted by molar-refractivity contribution is 0.101. The van der Waals surface area contributed by atoms with Crippen LogP contribution in [0.5, 0.6) is 0 Å². The number of hydrogen-bond acceptors (Lipinski definition) is 3. The molecule has 0 radical (unpaired) electrons. The maximum Gasteiger partial charge on any atom is 0.159 e. The summed E-state index contributed by atoms with van der Waals surface area (Å²) < 4.78 is 0. The molecule has 22 heavy (non-hydrogen) atoms. The Kier molecular flexibility index (Phi) is 3.07. The quantitative estimate of drug-likeness (QED) is 0.668. The van der Waals surface area contributed by atoms with Gasteiger partial charge in [0, 0.05) is 29.6 Å². The lowest BCUT2D eigenvalue weighted by Crippen LogP contribution is -2.29. The zero-order valence-corrected chi connectivity index (χ0v) is 12.5. The summed E-state index contributed by atoms with van der Waals surface area (Å²) in [5.74, 6) is 0.982. The van der Waals surface area contributed by atoms with Gasteiger partial charge in [-0.15, -0.1) is 0 Å². The van der Waals surface area contributed by atoms with Crippen molar-refractivity contribution >= 4 is 11.5 Å². The van der Waals surface area contributed by atoms with E-state index in [1.165, 1.54) is 11.1 Å². The molecule has 0 bridgehead atoms. The number of hydrogen-bond donors (Lipinski definition) is 1.